The van der Waals surface area contributed by atoms with Crippen LogP contribution < -0.4 is 4.65 Å². The van der Waals surface area contributed by atoms with Gasteiger partial charge in [0.25, 0.3) is 0 Å². The van der Waals surface area contributed by atoms with E-state index in [2.05, 4.69) is 16.2 Å². The minimum absolute atomic E-state index is 0.0838. The fourth-order valence-corrected chi connectivity index (χ4v) is 0.881. The highest BCUT2D eigenvalue weighted by Gasteiger charge is 2.01. The molecule has 0 aliphatic rings. The molecule has 15 heavy (non-hydrogen) atoms. The van der Waals surface area contributed by atoms with Crippen LogP contribution in [0.2, 0.25) is 0 Å². The van der Waals surface area contributed by atoms with Crippen LogP contribution in [0.15, 0.2) is 31.1 Å². The number of hydrogen-bond acceptors (Lipinski definition) is 5. The number of rotatable bonds is 5. The predicted molar refractivity (Wildman–Crippen MR) is 52.8 cm³/mol. The molecular weight excluding hydrogens is 197 g/mol. The largest absolute Gasteiger partial charge is 0.569 e. The number of carbonyl (C=O) groups excluding carboxylic acids is 1. The first-order valence-electron chi connectivity index (χ1n) is 4.12. The summed E-state index contributed by atoms with van der Waals surface area (Å²) in [4.78, 5) is 14.6. The first kappa shape index (κ1) is 11.3. The molecule has 0 amide bonds. The zero-order valence-electron chi connectivity index (χ0n) is 7.92. The Morgan fingerprint density at radius 1 is 1.67 bits per heavy atom. The van der Waals surface area contributed by atoms with Crippen LogP contribution in [0.4, 0.5) is 0 Å². The molecule has 1 heterocycles. The Hall–Kier alpha value is -1.82. The van der Waals surface area contributed by atoms with E-state index in [1.165, 1.54) is 12.4 Å². The van der Waals surface area contributed by atoms with Gasteiger partial charge in [-0.1, -0.05) is 6.58 Å². The molecule has 1 rings (SSSR count). The van der Waals surface area contributed by atoms with Gasteiger partial charge < -0.3 is 14.4 Å². The number of hydrogen-bond donors (Lipinski definition) is 1. The van der Waals surface area contributed by atoms with Gasteiger partial charge in [-0.2, -0.15) is 0 Å². The van der Waals surface area contributed by atoms with Crippen molar-refractivity contribution in [2.75, 3.05) is 0 Å². The molecule has 0 aliphatic heterocycles. The molecule has 0 aliphatic carbocycles. The number of pyridine rings is 1. The molecule has 1 radical (unpaired) electrons. The lowest BCUT2D eigenvalue weighted by molar-refractivity contribution is -0.138. The van der Waals surface area contributed by atoms with E-state index < -0.39 is 5.97 Å². The molecule has 0 saturated heterocycles. The average molecular weight is 206 g/mol. The lowest BCUT2D eigenvalue weighted by Crippen LogP contribution is -2.03. The maximum Gasteiger partial charge on any atom is 0.569 e. The van der Waals surface area contributed by atoms with Crippen molar-refractivity contribution in [2.24, 2.45) is 0 Å². The summed E-state index contributed by atoms with van der Waals surface area (Å²) < 4.78 is 9.47. The summed E-state index contributed by atoms with van der Waals surface area (Å²) in [5.74, 6) is -0.139. The summed E-state index contributed by atoms with van der Waals surface area (Å²) in [6.07, 6.45) is 4.03. The normalized spacial score (nSPS) is 9.13. The van der Waals surface area contributed by atoms with Crippen LogP contribution in [-0.4, -0.2) is 23.7 Å². The van der Waals surface area contributed by atoms with Crippen molar-refractivity contribution >= 4 is 13.7 Å². The number of nitrogens with zero attached hydrogens (tertiary/aromatic N) is 1. The highest BCUT2D eigenvalue weighted by molar-refractivity contribution is 6.17. The van der Waals surface area contributed by atoms with E-state index in [0.29, 0.717) is 19.0 Å². The molecule has 1 aromatic rings. The summed E-state index contributed by atoms with van der Waals surface area (Å²) in [6.45, 7) is 3.35. The van der Waals surface area contributed by atoms with Gasteiger partial charge in [-0.25, -0.2) is 4.79 Å². The van der Waals surface area contributed by atoms with Crippen molar-refractivity contribution < 1.29 is 19.2 Å². The molecule has 5 nitrogen and oxygen atoms in total. The second-order valence-electron chi connectivity index (χ2n) is 2.56. The van der Waals surface area contributed by atoms with Gasteiger partial charge >= 0.3 is 13.7 Å². The van der Waals surface area contributed by atoms with Crippen molar-refractivity contribution in [3.63, 3.8) is 0 Å². The maximum atomic E-state index is 10.8. The topological polar surface area (TPSA) is 68.7 Å². The summed E-state index contributed by atoms with van der Waals surface area (Å²) in [5.41, 5.74) is 0.657. The Morgan fingerprint density at radius 3 is 3.13 bits per heavy atom. The molecule has 0 fully saturated rings. The molecular formula is C9H9BNO4. The summed E-state index contributed by atoms with van der Waals surface area (Å²) in [6, 6.07) is 1.59. The first-order valence-corrected chi connectivity index (χ1v) is 4.12. The van der Waals surface area contributed by atoms with Gasteiger partial charge in [-0.15, -0.1) is 0 Å². The standard InChI is InChI=1S/C9H9BNO4/c1-2-9(12)14-6-7-3-8(15-10-13)5-11-4-7/h2-5,13H,1,6H2. The molecule has 0 saturated carbocycles. The number of aromatic nitrogens is 1. The van der Waals surface area contributed by atoms with Crippen LogP contribution in [0.25, 0.3) is 0 Å². The Kier molecular flexibility index (Phi) is 4.37. The molecule has 0 aromatic carbocycles. The number of esters is 1. The average Bonchev–Trinajstić information content (AvgIpc) is 2.27. The SMILES string of the molecule is C=CC(=O)OCc1cncc(O[B]O)c1. The van der Waals surface area contributed by atoms with Crippen LogP contribution in [0.5, 0.6) is 5.75 Å². The van der Waals surface area contributed by atoms with Gasteiger partial charge in [0.2, 0.25) is 0 Å². The first-order chi connectivity index (χ1) is 7.26. The predicted octanol–water partition coefficient (Wildman–Crippen LogP) is 0.216. The Bertz CT molecular complexity index is 356. The van der Waals surface area contributed by atoms with E-state index in [9.17, 15) is 4.79 Å². The quantitative estimate of drug-likeness (QED) is 0.423. The van der Waals surface area contributed by atoms with Crippen molar-refractivity contribution in [2.45, 2.75) is 6.61 Å². The fraction of sp³-hybridized carbons (Fsp3) is 0.111. The summed E-state index contributed by atoms with van der Waals surface area (Å²) in [5, 5.41) is 8.39. The number of carbonyl (C=O) groups is 1. The second kappa shape index (κ2) is 5.82. The Labute approximate surface area is 87.7 Å². The molecule has 1 N–H and O–H groups in total. The van der Waals surface area contributed by atoms with E-state index in [1.807, 2.05) is 0 Å². The van der Waals surface area contributed by atoms with Gasteiger partial charge in [0.05, 0.1) is 6.20 Å². The Morgan fingerprint density at radius 2 is 2.47 bits per heavy atom. The second-order valence-corrected chi connectivity index (χ2v) is 2.56. The highest BCUT2D eigenvalue weighted by atomic mass is 16.5. The third-order valence-corrected chi connectivity index (χ3v) is 1.51. The van der Waals surface area contributed by atoms with Gasteiger partial charge in [-0.3, -0.25) is 4.98 Å². The molecule has 6 heteroatoms. The van der Waals surface area contributed by atoms with E-state index in [-0.39, 0.29) is 6.61 Å². The zero-order chi connectivity index (χ0) is 11.1. The monoisotopic (exact) mass is 206 g/mol. The Balaban J connectivity index is 2.57. The van der Waals surface area contributed by atoms with Crippen LogP contribution in [0, 0.1) is 0 Å². The smallest absolute Gasteiger partial charge is 0.536 e. The van der Waals surface area contributed by atoms with E-state index >= 15 is 0 Å². The van der Waals surface area contributed by atoms with Crippen LogP contribution in [-0.2, 0) is 16.1 Å². The van der Waals surface area contributed by atoms with Crippen LogP contribution in [0.3, 0.4) is 0 Å². The molecule has 1 aromatic heterocycles. The van der Waals surface area contributed by atoms with Crippen molar-refractivity contribution in [1.29, 1.82) is 0 Å². The van der Waals surface area contributed by atoms with E-state index in [1.54, 1.807) is 6.07 Å². The van der Waals surface area contributed by atoms with Gasteiger partial charge in [-0.05, 0) is 6.07 Å². The third-order valence-electron chi connectivity index (χ3n) is 1.51. The van der Waals surface area contributed by atoms with Crippen molar-refractivity contribution in [3.05, 3.63) is 36.7 Å². The molecule has 0 bridgehead atoms. The summed E-state index contributed by atoms with van der Waals surface area (Å²) >= 11 is 0. The number of ether oxygens (including phenoxy) is 1. The molecule has 77 valence electrons. The molecule has 0 unspecified atom stereocenters. The van der Waals surface area contributed by atoms with Crippen LogP contribution >= 0.6 is 0 Å². The minimum Gasteiger partial charge on any atom is -0.536 e. The van der Waals surface area contributed by atoms with Crippen LogP contribution in [0.1, 0.15) is 5.56 Å². The highest BCUT2D eigenvalue weighted by Crippen LogP contribution is 2.11. The fourth-order valence-electron chi connectivity index (χ4n) is 0.881. The van der Waals surface area contributed by atoms with E-state index in [0.717, 1.165) is 6.08 Å². The molecule has 0 spiro atoms. The van der Waals surface area contributed by atoms with Crippen molar-refractivity contribution in [3.8, 4) is 5.75 Å². The lowest BCUT2D eigenvalue weighted by atomic mass is 10.3. The zero-order valence-corrected chi connectivity index (χ0v) is 7.92. The maximum absolute atomic E-state index is 10.8. The minimum atomic E-state index is -0.505. The molecule has 0 atom stereocenters. The lowest BCUT2D eigenvalue weighted by Gasteiger charge is -2.04. The van der Waals surface area contributed by atoms with Crippen molar-refractivity contribution in [1.82, 2.24) is 4.98 Å². The summed E-state index contributed by atoms with van der Waals surface area (Å²) in [7, 11) is 0.552. The van der Waals surface area contributed by atoms with Gasteiger partial charge in [0, 0.05) is 17.8 Å². The third kappa shape index (κ3) is 3.82. The van der Waals surface area contributed by atoms with Gasteiger partial charge in [0.15, 0.2) is 0 Å². The van der Waals surface area contributed by atoms with Gasteiger partial charge in [0.1, 0.15) is 12.4 Å². The van der Waals surface area contributed by atoms with E-state index in [4.69, 9.17) is 9.76 Å².